The van der Waals surface area contributed by atoms with Gasteiger partial charge in [0.15, 0.2) is 0 Å². The third-order valence-corrected chi connectivity index (χ3v) is 3.80. The largest absolute Gasteiger partial charge is 0.396 e. The third kappa shape index (κ3) is 3.16. The lowest BCUT2D eigenvalue weighted by Gasteiger charge is -2.33. The first-order valence-corrected chi connectivity index (χ1v) is 6.06. The van der Waals surface area contributed by atoms with E-state index in [4.69, 9.17) is 0 Å². The maximum atomic E-state index is 9.47. The van der Waals surface area contributed by atoms with Crippen LogP contribution in [-0.2, 0) is 0 Å². The van der Waals surface area contributed by atoms with Crippen molar-refractivity contribution >= 4 is 0 Å². The normalized spacial score (nSPS) is 27.2. The van der Waals surface area contributed by atoms with Crippen molar-refractivity contribution in [2.75, 3.05) is 33.8 Å². The van der Waals surface area contributed by atoms with Crippen LogP contribution in [0.4, 0.5) is 0 Å². The van der Waals surface area contributed by atoms with E-state index in [-0.39, 0.29) is 0 Å². The Morgan fingerprint density at radius 2 is 2.13 bits per heavy atom. The molecule has 0 aromatic carbocycles. The van der Waals surface area contributed by atoms with E-state index < -0.39 is 0 Å². The van der Waals surface area contributed by atoms with Gasteiger partial charge in [0.25, 0.3) is 0 Å². The molecule has 0 spiro atoms. The molecule has 1 saturated heterocycles. The van der Waals surface area contributed by atoms with Gasteiger partial charge in [0.05, 0.1) is 0 Å². The van der Waals surface area contributed by atoms with Gasteiger partial charge in [-0.3, -0.25) is 0 Å². The highest BCUT2D eigenvalue weighted by Crippen LogP contribution is 2.26. The summed E-state index contributed by atoms with van der Waals surface area (Å²) in [6, 6.07) is 0.458. The molecule has 0 aromatic rings. The van der Waals surface area contributed by atoms with Crippen LogP contribution in [0.5, 0.6) is 0 Å². The average molecular weight is 214 g/mol. The highest BCUT2D eigenvalue weighted by Gasteiger charge is 2.33. The van der Waals surface area contributed by atoms with E-state index in [9.17, 15) is 5.11 Å². The summed E-state index contributed by atoms with van der Waals surface area (Å²) in [5.74, 6) is 1.62. The molecule has 0 aromatic heterocycles. The van der Waals surface area contributed by atoms with Crippen LogP contribution in [0.1, 0.15) is 20.3 Å². The van der Waals surface area contributed by atoms with Crippen molar-refractivity contribution in [2.45, 2.75) is 26.3 Å². The second-order valence-corrected chi connectivity index (χ2v) is 5.22. The molecule has 15 heavy (non-hydrogen) atoms. The zero-order valence-electron chi connectivity index (χ0n) is 10.5. The van der Waals surface area contributed by atoms with Gasteiger partial charge in [0, 0.05) is 19.2 Å². The summed E-state index contributed by atoms with van der Waals surface area (Å²) in [5, 5.41) is 12.9. The number of nitrogens with one attached hydrogen (secondary N) is 1. The predicted molar refractivity (Wildman–Crippen MR) is 63.9 cm³/mol. The van der Waals surface area contributed by atoms with Crippen molar-refractivity contribution < 1.29 is 5.11 Å². The zero-order valence-corrected chi connectivity index (χ0v) is 10.5. The van der Waals surface area contributed by atoms with Crippen LogP contribution in [0.2, 0.25) is 0 Å². The fourth-order valence-electron chi connectivity index (χ4n) is 2.80. The van der Waals surface area contributed by atoms with Gasteiger partial charge in [-0.05, 0) is 44.8 Å². The molecule has 3 atom stereocenters. The Hall–Kier alpha value is -0.120. The molecule has 1 rings (SSSR count). The van der Waals surface area contributed by atoms with E-state index in [0.717, 1.165) is 6.54 Å². The van der Waals surface area contributed by atoms with Crippen LogP contribution < -0.4 is 5.32 Å². The standard InChI is InChI=1S/C12H26N2O/c1-9(2)11(8-15)12(13-3)10-5-6-14(4)7-10/h9-13,15H,5-8H2,1-4H3. The Kier molecular flexibility index (Phi) is 5.03. The van der Waals surface area contributed by atoms with E-state index in [0.29, 0.717) is 30.4 Å². The van der Waals surface area contributed by atoms with Gasteiger partial charge in [0.1, 0.15) is 0 Å². The topological polar surface area (TPSA) is 35.5 Å². The molecule has 3 nitrogen and oxygen atoms in total. The van der Waals surface area contributed by atoms with Crippen molar-refractivity contribution in [1.29, 1.82) is 0 Å². The minimum Gasteiger partial charge on any atom is -0.396 e. The number of aliphatic hydroxyl groups is 1. The number of hydrogen-bond acceptors (Lipinski definition) is 3. The fraction of sp³-hybridized carbons (Fsp3) is 1.00. The lowest BCUT2D eigenvalue weighted by Crippen LogP contribution is -2.44. The zero-order chi connectivity index (χ0) is 11.4. The van der Waals surface area contributed by atoms with Crippen LogP contribution in [0.25, 0.3) is 0 Å². The summed E-state index contributed by atoms with van der Waals surface area (Å²) in [5.41, 5.74) is 0. The molecule has 1 heterocycles. The van der Waals surface area contributed by atoms with Crippen LogP contribution in [0.15, 0.2) is 0 Å². The summed E-state index contributed by atoms with van der Waals surface area (Å²) in [6.07, 6.45) is 1.26. The molecular weight excluding hydrogens is 188 g/mol. The summed E-state index contributed by atoms with van der Waals surface area (Å²) in [4.78, 5) is 2.38. The van der Waals surface area contributed by atoms with Gasteiger partial charge in [-0.1, -0.05) is 13.8 Å². The smallest absolute Gasteiger partial charge is 0.0476 e. The Bertz CT molecular complexity index is 184. The molecule has 1 aliphatic heterocycles. The summed E-state index contributed by atoms with van der Waals surface area (Å²) >= 11 is 0. The van der Waals surface area contributed by atoms with E-state index in [1.165, 1.54) is 13.0 Å². The Labute approximate surface area is 93.9 Å². The summed E-state index contributed by atoms with van der Waals surface area (Å²) < 4.78 is 0. The molecule has 0 radical (unpaired) electrons. The monoisotopic (exact) mass is 214 g/mol. The first-order valence-electron chi connectivity index (χ1n) is 6.06. The molecule has 0 aliphatic carbocycles. The SMILES string of the molecule is CNC(C1CCN(C)C1)C(CO)C(C)C. The molecule has 1 aliphatic rings. The minimum absolute atomic E-state index is 0.295. The minimum atomic E-state index is 0.295. The molecule has 0 amide bonds. The number of likely N-dealkylation sites (tertiary alicyclic amines) is 1. The molecular formula is C12H26N2O. The highest BCUT2D eigenvalue weighted by atomic mass is 16.3. The molecule has 1 fully saturated rings. The molecule has 0 saturated carbocycles. The molecule has 2 N–H and O–H groups in total. The van der Waals surface area contributed by atoms with Crippen LogP contribution >= 0.6 is 0 Å². The second-order valence-electron chi connectivity index (χ2n) is 5.22. The van der Waals surface area contributed by atoms with E-state index in [2.05, 4.69) is 31.1 Å². The third-order valence-electron chi connectivity index (χ3n) is 3.80. The fourth-order valence-corrected chi connectivity index (χ4v) is 2.80. The van der Waals surface area contributed by atoms with Crippen molar-refractivity contribution in [3.63, 3.8) is 0 Å². The van der Waals surface area contributed by atoms with Gasteiger partial charge in [-0.2, -0.15) is 0 Å². The quantitative estimate of drug-likeness (QED) is 0.710. The number of nitrogens with zero attached hydrogens (tertiary/aromatic N) is 1. The Balaban J connectivity index is 2.60. The van der Waals surface area contributed by atoms with E-state index in [1.54, 1.807) is 0 Å². The van der Waals surface area contributed by atoms with Crippen molar-refractivity contribution in [1.82, 2.24) is 10.2 Å². The second kappa shape index (κ2) is 5.83. The van der Waals surface area contributed by atoms with Gasteiger partial charge in [-0.25, -0.2) is 0 Å². The van der Waals surface area contributed by atoms with Gasteiger partial charge < -0.3 is 15.3 Å². The van der Waals surface area contributed by atoms with Crippen LogP contribution in [0, 0.1) is 17.8 Å². The summed E-state index contributed by atoms with van der Waals surface area (Å²) in [6.45, 7) is 7.05. The Morgan fingerprint density at radius 1 is 1.47 bits per heavy atom. The molecule has 0 bridgehead atoms. The first kappa shape index (κ1) is 12.9. The molecule has 3 unspecified atom stereocenters. The van der Waals surface area contributed by atoms with Crippen LogP contribution in [-0.4, -0.2) is 49.8 Å². The van der Waals surface area contributed by atoms with E-state index in [1.807, 2.05) is 7.05 Å². The van der Waals surface area contributed by atoms with Crippen molar-refractivity contribution in [3.8, 4) is 0 Å². The highest BCUT2D eigenvalue weighted by molar-refractivity contribution is 4.88. The Morgan fingerprint density at radius 3 is 2.47 bits per heavy atom. The van der Waals surface area contributed by atoms with Crippen LogP contribution in [0.3, 0.4) is 0 Å². The first-order chi connectivity index (χ1) is 7.10. The van der Waals surface area contributed by atoms with Gasteiger partial charge in [-0.15, -0.1) is 0 Å². The number of hydrogen-bond donors (Lipinski definition) is 2. The van der Waals surface area contributed by atoms with Gasteiger partial charge in [0.2, 0.25) is 0 Å². The molecule has 3 heteroatoms. The summed E-state index contributed by atoms with van der Waals surface area (Å²) in [7, 11) is 4.20. The lowest BCUT2D eigenvalue weighted by molar-refractivity contribution is 0.127. The maximum absolute atomic E-state index is 9.47. The number of aliphatic hydroxyl groups excluding tert-OH is 1. The average Bonchev–Trinajstić information content (AvgIpc) is 2.60. The van der Waals surface area contributed by atoms with Gasteiger partial charge >= 0.3 is 0 Å². The maximum Gasteiger partial charge on any atom is 0.0476 e. The van der Waals surface area contributed by atoms with E-state index >= 15 is 0 Å². The lowest BCUT2D eigenvalue weighted by atomic mass is 9.81. The molecule has 90 valence electrons. The predicted octanol–water partition coefficient (Wildman–Crippen LogP) is 0.791. The van der Waals surface area contributed by atoms with Crippen molar-refractivity contribution in [3.05, 3.63) is 0 Å². The number of rotatable bonds is 5. The van der Waals surface area contributed by atoms with Crippen molar-refractivity contribution in [2.24, 2.45) is 17.8 Å².